The molecule has 0 aliphatic heterocycles. The maximum atomic E-state index is 13.5. The molecular weight excluding hydrogens is 422 g/mol. The standard InChI is InChI=1S/C30H41NO3/c1-19(21-8-6-5-7-9-21)31-28(33)27-13-12-25-24-11-10-22-18-23(34-20(2)32)14-16-29(22,3)26(24)15-17-30(25,27)4/h5-10,19,23-27H,11-18H2,1-4H3,(H,31,33)/t19-,23-,24-,25-,26-,27+,29-,30-/m0/s1. The summed E-state index contributed by atoms with van der Waals surface area (Å²) >= 11 is 0. The molecule has 1 aromatic carbocycles. The zero-order valence-corrected chi connectivity index (χ0v) is 21.3. The number of rotatable bonds is 4. The van der Waals surface area contributed by atoms with Crippen LogP contribution in [-0.4, -0.2) is 18.0 Å². The minimum absolute atomic E-state index is 0.0409. The van der Waals surface area contributed by atoms with Crippen LogP contribution in [0.3, 0.4) is 0 Å². The number of hydrogen-bond acceptors (Lipinski definition) is 3. The van der Waals surface area contributed by atoms with Crippen LogP contribution < -0.4 is 5.32 Å². The van der Waals surface area contributed by atoms with Gasteiger partial charge in [-0.2, -0.15) is 0 Å². The van der Waals surface area contributed by atoms with Gasteiger partial charge in [0.25, 0.3) is 0 Å². The van der Waals surface area contributed by atoms with E-state index in [9.17, 15) is 9.59 Å². The first-order valence-electron chi connectivity index (χ1n) is 13.4. The first kappa shape index (κ1) is 23.6. The van der Waals surface area contributed by atoms with E-state index in [-0.39, 0.29) is 40.8 Å². The Morgan fingerprint density at radius 3 is 2.53 bits per heavy atom. The molecule has 4 heteroatoms. The largest absolute Gasteiger partial charge is 0.462 e. The fourth-order valence-electron chi connectivity index (χ4n) is 8.53. The molecule has 3 fully saturated rings. The van der Waals surface area contributed by atoms with E-state index >= 15 is 0 Å². The number of ether oxygens (including phenoxy) is 1. The predicted octanol–water partition coefficient (Wildman–Crippen LogP) is 6.37. The van der Waals surface area contributed by atoms with Crippen LogP contribution >= 0.6 is 0 Å². The highest BCUT2D eigenvalue weighted by molar-refractivity contribution is 5.80. The molecule has 4 nitrogen and oxygen atoms in total. The number of carbonyl (C=O) groups excluding carboxylic acids is 2. The second kappa shape index (κ2) is 8.84. The summed E-state index contributed by atoms with van der Waals surface area (Å²) in [7, 11) is 0. The van der Waals surface area contributed by atoms with Gasteiger partial charge in [0, 0.05) is 19.3 Å². The molecular formula is C30H41NO3. The highest BCUT2D eigenvalue weighted by atomic mass is 16.5. The van der Waals surface area contributed by atoms with Gasteiger partial charge in [-0.3, -0.25) is 9.59 Å². The van der Waals surface area contributed by atoms with Crippen LogP contribution in [0.5, 0.6) is 0 Å². The summed E-state index contributed by atoms with van der Waals surface area (Å²) in [4.78, 5) is 25.0. The lowest BCUT2D eigenvalue weighted by atomic mass is 9.47. The summed E-state index contributed by atoms with van der Waals surface area (Å²) in [5.74, 6) is 2.18. The van der Waals surface area contributed by atoms with E-state index in [0.29, 0.717) is 17.8 Å². The van der Waals surface area contributed by atoms with E-state index in [2.05, 4.69) is 44.3 Å². The molecule has 0 radical (unpaired) electrons. The SMILES string of the molecule is CC(=O)O[C@H]1CC[C@@]2(C)C(=CC[C@H]3[C@@H]4CC[C@H](C(=O)N[C@@H](C)c5ccccc5)[C@@]4(C)CC[C@@H]32)C1. The van der Waals surface area contributed by atoms with Crippen LogP contribution in [0.1, 0.15) is 90.7 Å². The van der Waals surface area contributed by atoms with Crippen molar-refractivity contribution in [3.05, 3.63) is 47.5 Å². The van der Waals surface area contributed by atoms with Crippen molar-refractivity contribution in [1.82, 2.24) is 5.32 Å². The molecule has 184 valence electrons. The van der Waals surface area contributed by atoms with Gasteiger partial charge in [-0.15, -0.1) is 0 Å². The topological polar surface area (TPSA) is 55.4 Å². The molecule has 34 heavy (non-hydrogen) atoms. The van der Waals surface area contributed by atoms with Gasteiger partial charge in [-0.05, 0) is 86.0 Å². The van der Waals surface area contributed by atoms with E-state index in [1.807, 2.05) is 18.2 Å². The average molecular weight is 464 g/mol. The Morgan fingerprint density at radius 2 is 1.79 bits per heavy atom. The van der Waals surface area contributed by atoms with E-state index in [1.54, 1.807) is 0 Å². The molecule has 4 aliphatic carbocycles. The number of carbonyl (C=O) groups is 2. The number of hydrogen-bond donors (Lipinski definition) is 1. The number of esters is 1. The Balaban J connectivity index is 1.31. The van der Waals surface area contributed by atoms with Crippen molar-refractivity contribution in [3.8, 4) is 0 Å². The van der Waals surface area contributed by atoms with E-state index in [1.165, 1.54) is 30.9 Å². The summed E-state index contributed by atoms with van der Waals surface area (Å²) < 4.78 is 5.59. The zero-order chi connectivity index (χ0) is 24.1. The summed E-state index contributed by atoms with van der Waals surface area (Å²) in [6.07, 6.45) is 11.2. The highest BCUT2D eigenvalue weighted by Gasteiger charge is 2.60. The molecule has 0 heterocycles. The predicted molar refractivity (Wildman–Crippen MR) is 134 cm³/mol. The average Bonchev–Trinajstić information content (AvgIpc) is 3.17. The molecule has 0 aromatic heterocycles. The molecule has 3 saturated carbocycles. The maximum absolute atomic E-state index is 13.5. The van der Waals surface area contributed by atoms with Crippen LogP contribution in [0.25, 0.3) is 0 Å². The summed E-state index contributed by atoms with van der Waals surface area (Å²) in [6, 6.07) is 10.3. The van der Waals surface area contributed by atoms with Gasteiger partial charge in [0.15, 0.2) is 0 Å². The molecule has 0 spiro atoms. The second-order valence-electron chi connectivity index (χ2n) is 12.0. The Morgan fingerprint density at radius 1 is 1.03 bits per heavy atom. The van der Waals surface area contributed by atoms with Crippen molar-refractivity contribution in [2.75, 3.05) is 0 Å². The molecule has 1 amide bonds. The molecule has 8 atom stereocenters. The number of allylic oxidation sites excluding steroid dienone is 1. The number of fused-ring (bicyclic) bond motifs is 5. The summed E-state index contributed by atoms with van der Waals surface area (Å²) in [6.45, 7) is 8.51. The first-order valence-corrected chi connectivity index (χ1v) is 13.4. The van der Waals surface area contributed by atoms with Crippen LogP contribution in [0.15, 0.2) is 42.0 Å². The van der Waals surface area contributed by atoms with E-state index in [4.69, 9.17) is 4.74 Å². The Labute approximate surface area is 204 Å². The maximum Gasteiger partial charge on any atom is 0.302 e. The molecule has 1 aromatic rings. The van der Waals surface area contributed by atoms with Gasteiger partial charge < -0.3 is 10.1 Å². The fourth-order valence-corrected chi connectivity index (χ4v) is 8.53. The van der Waals surface area contributed by atoms with Crippen molar-refractivity contribution >= 4 is 11.9 Å². The molecule has 0 saturated heterocycles. The molecule has 0 unspecified atom stereocenters. The van der Waals surface area contributed by atoms with Gasteiger partial charge in [0.2, 0.25) is 5.91 Å². The monoisotopic (exact) mass is 463 g/mol. The third kappa shape index (κ3) is 3.91. The fraction of sp³-hybridized carbons (Fsp3) is 0.667. The Bertz CT molecular complexity index is 971. The van der Waals surface area contributed by atoms with E-state index in [0.717, 1.165) is 38.5 Å². The van der Waals surface area contributed by atoms with Crippen molar-refractivity contribution < 1.29 is 14.3 Å². The molecule has 0 bridgehead atoms. The number of nitrogens with one attached hydrogen (secondary N) is 1. The first-order chi connectivity index (χ1) is 16.2. The smallest absolute Gasteiger partial charge is 0.302 e. The Hall–Kier alpha value is -2.10. The number of benzene rings is 1. The zero-order valence-electron chi connectivity index (χ0n) is 21.3. The second-order valence-corrected chi connectivity index (χ2v) is 12.0. The quantitative estimate of drug-likeness (QED) is 0.417. The third-order valence-corrected chi connectivity index (χ3v) is 10.4. The van der Waals surface area contributed by atoms with Crippen LogP contribution in [0, 0.1) is 34.5 Å². The lowest BCUT2D eigenvalue weighted by Gasteiger charge is -2.58. The Kier molecular flexibility index (Phi) is 6.14. The summed E-state index contributed by atoms with van der Waals surface area (Å²) in [5, 5.41) is 3.35. The van der Waals surface area contributed by atoms with Gasteiger partial charge in [0.05, 0.1) is 6.04 Å². The van der Waals surface area contributed by atoms with Crippen molar-refractivity contribution in [1.29, 1.82) is 0 Å². The lowest BCUT2D eigenvalue weighted by Crippen LogP contribution is -2.52. The third-order valence-electron chi connectivity index (χ3n) is 10.4. The minimum atomic E-state index is -0.159. The van der Waals surface area contributed by atoms with Crippen molar-refractivity contribution in [3.63, 3.8) is 0 Å². The van der Waals surface area contributed by atoms with Crippen LogP contribution in [0.2, 0.25) is 0 Å². The molecule has 1 N–H and O–H groups in total. The van der Waals surface area contributed by atoms with Gasteiger partial charge in [-0.1, -0.05) is 55.8 Å². The van der Waals surface area contributed by atoms with Gasteiger partial charge >= 0.3 is 5.97 Å². The highest BCUT2D eigenvalue weighted by Crippen LogP contribution is 2.66. The molecule has 5 rings (SSSR count). The number of amides is 1. The van der Waals surface area contributed by atoms with E-state index < -0.39 is 0 Å². The lowest BCUT2D eigenvalue weighted by molar-refractivity contribution is -0.149. The molecule has 4 aliphatic rings. The normalized spacial score (nSPS) is 39.6. The minimum Gasteiger partial charge on any atom is -0.462 e. The van der Waals surface area contributed by atoms with Crippen molar-refractivity contribution in [2.24, 2.45) is 34.5 Å². The van der Waals surface area contributed by atoms with Gasteiger partial charge in [-0.25, -0.2) is 0 Å². The van der Waals surface area contributed by atoms with Crippen LogP contribution in [-0.2, 0) is 14.3 Å². The summed E-state index contributed by atoms with van der Waals surface area (Å²) in [5.41, 5.74) is 3.02. The van der Waals surface area contributed by atoms with Crippen molar-refractivity contribution in [2.45, 2.75) is 91.2 Å². The van der Waals surface area contributed by atoms with Gasteiger partial charge in [0.1, 0.15) is 6.10 Å². The van der Waals surface area contributed by atoms with Crippen LogP contribution in [0.4, 0.5) is 0 Å².